The number of rotatable bonds is 27. The molecule has 2 amide bonds. The molecule has 0 radical (unpaired) electrons. The summed E-state index contributed by atoms with van der Waals surface area (Å²) in [5.41, 5.74) is 13.4. The second kappa shape index (κ2) is 40.7. The van der Waals surface area contributed by atoms with Gasteiger partial charge < -0.3 is 15.2 Å². The molecule has 5 N–H and O–H groups in total. The summed E-state index contributed by atoms with van der Waals surface area (Å²) < 4.78 is 27.2. The Hall–Kier alpha value is -14.2. The number of aromatic amines is 2. The molecule has 0 aliphatic carbocycles. The highest BCUT2D eigenvalue weighted by molar-refractivity contribution is 8.14. The maximum Gasteiger partial charge on any atom is 0.270 e. The number of hydrogen-bond acceptors (Lipinski definition) is 28. The summed E-state index contributed by atoms with van der Waals surface area (Å²) >= 11 is 5.03. The van der Waals surface area contributed by atoms with Crippen LogP contribution in [-0.4, -0.2) is 156 Å². The third-order valence-corrected chi connectivity index (χ3v) is 22.6. The molecule has 0 bridgehead atoms. The van der Waals surface area contributed by atoms with Crippen LogP contribution >= 0.6 is 47.0 Å². The Morgan fingerprint density at radius 3 is 1.26 bits per heavy atom. The topological polar surface area (TPSA) is 483 Å². The standard InChI is InChI=1S/C26H21N5O3S.C20H18N4O4S.C19H17N5O4S.C19H18N4O5S2/c1-16(32)15-35-26-27-25(28-29-26)21-11-19(12-22(13-21)31(33)34)18-8-9-23-20(10-18)14-24(30(23)2)17-6-4-3-5-7-17;1-12(25)11-29-19-10-18(22-23-19)16-7-15(8-17(9-16)24(27)28)13-3-5-14(6-4-13)20(26)21-2;1-11(25)10-29-19-21-18(22-23-19)15-6-14(8-17(9-15)24(27)28)13-4-3-5-16(7-13)20-12(2)26;1-12(24)11-29-19-10-18(20-21-19)15-7-14(8-17(9-15)23(25)26)13-3-5-16(6-4-13)22-30(2,27)28/h3-14H,15H2,1-2H3,(H,27,28,29);3-9H,10-11H2,1-2H3,(H,21,26);3-9H,10H2,1-2H3,(H,20,26)(H,21,22,23);3-9,22H,10-11H2,1-2H3. The van der Waals surface area contributed by atoms with Gasteiger partial charge in [-0.1, -0.05) is 96.3 Å². The number of carbonyl (C=O) groups is 6. The lowest BCUT2D eigenvalue weighted by Crippen LogP contribution is -2.17. The summed E-state index contributed by atoms with van der Waals surface area (Å²) in [5.74, 6) is 1.58. The zero-order valence-corrected chi connectivity index (χ0v) is 70.8. The molecule has 0 atom stereocenters. The molecule has 0 spiro atoms. The smallest absolute Gasteiger partial charge is 0.270 e. The Kier molecular flexibility index (Phi) is 29.7. The monoisotopic (exact) mass is 1750 g/mol. The van der Waals surface area contributed by atoms with Crippen LogP contribution in [0.2, 0.25) is 0 Å². The SMILES string of the molecule is CC(=O)CSC1=NN=C(c2cc(-c3ccc(NS(C)(=O)=O)cc3)cc([N+](=O)[O-])c2)C1.CC(=O)CSc1n[nH]c(-c2cc(-c3ccc4c(c3)cc(-c3ccccc3)n4C)cc([N+](=O)[O-])c2)n1.CC(=O)CSc1n[nH]c(-c2cc(-c3cccc(NC(C)=O)c3)cc([N+](=O)[O-])c2)n1.CNC(=O)c1ccc(-c2cc(C3=NN=C(SCC(C)=O)C3)cc([N+](=O)[O-])c2)cc1. The molecule has 34 nitrogen and oxygen atoms in total. The number of fused-ring (bicyclic) bond motifs is 1. The number of Topliss-reactive ketones (excluding diaryl/α,β-unsaturated/α-hetero) is 4. The summed E-state index contributed by atoms with van der Waals surface area (Å²) in [6.07, 6.45) is 1.88. The highest BCUT2D eigenvalue weighted by Gasteiger charge is 2.25. The van der Waals surface area contributed by atoms with E-state index in [-0.39, 0.29) is 69.2 Å². The van der Waals surface area contributed by atoms with E-state index in [2.05, 4.69) is 88.9 Å². The lowest BCUT2D eigenvalue weighted by atomic mass is 9.98. The minimum Gasteiger partial charge on any atom is -0.355 e. The van der Waals surface area contributed by atoms with E-state index >= 15 is 0 Å². The molecule has 0 saturated carbocycles. The second-order valence-corrected chi connectivity index (χ2v) is 33.3. The van der Waals surface area contributed by atoms with Crippen LogP contribution in [0.4, 0.5) is 34.1 Å². The van der Waals surface area contributed by atoms with Gasteiger partial charge in [0.25, 0.3) is 28.7 Å². The van der Waals surface area contributed by atoms with E-state index in [1.165, 1.54) is 124 Å². The molecule has 0 fully saturated rings. The number of carbonyl (C=O) groups excluding carboxylic acids is 6. The van der Waals surface area contributed by atoms with Crippen LogP contribution in [0.15, 0.2) is 231 Å². The van der Waals surface area contributed by atoms with Gasteiger partial charge in [-0.2, -0.15) is 10.2 Å². The number of nitrogens with zero attached hydrogens (tertiary/aromatic N) is 13. The Labute approximate surface area is 718 Å². The minimum absolute atomic E-state index is 0.00182. The third-order valence-electron chi connectivity index (χ3n) is 17.7. The van der Waals surface area contributed by atoms with E-state index in [0.29, 0.717) is 140 Å². The largest absolute Gasteiger partial charge is 0.355 e. The van der Waals surface area contributed by atoms with Crippen LogP contribution in [0.5, 0.6) is 0 Å². The Morgan fingerprint density at radius 2 is 0.829 bits per heavy atom. The molecule has 3 aromatic heterocycles. The van der Waals surface area contributed by atoms with Crippen molar-refractivity contribution in [2.24, 2.45) is 27.5 Å². The highest BCUT2D eigenvalue weighted by Crippen LogP contribution is 2.38. The summed E-state index contributed by atoms with van der Waals surface area (Å²) in [5, 5.41) is 84.6. The first-order valence-corrected chi connectivity index (χ1v) is 42.8. The first kappa shape index (κ1) is 89.6. The van der Waals surface area contributed by atoms with Crippen molar-refractivity contribution in [1.29, 1.82) is 0 Å². The van der Waals surface area contributed by atoms with Gasteiger partial charge in [0.15, 0.2) is 11.6 Å². The minimum atomic E-state index is -3.40. The van der Waals surface area contributed by atoms with Crippen LogP contribution in [-0.2, 0) is 41.0 Å². The van der Waals surface area contributed by atoms with E-state index in [1.54, 1.807) is 98.0 Å². The van der Waals surface area contributed by atoms with Gasteiger partial charge in [0.1, 0.15) is 33.2 Å². The maximum atomic E-state index is 11.7. The molecule has 626 valence electrons. The van der Waals surface area contributed by atoms with Gasteiger partial charge in [-0.15, -0.1) is 43.9 Å². The Bertz CT molecular complexity index is 6410. The summed E-state index contributed by atoms with van der Waals surface area (Å²) in [6.45, 7) is 7.38. The fourth-order valence-electron chi connectivity index (χ4n) is 12.2. The number of nitrogens with one attached hydrogen (secondary N) is 5. The average Bonchev–Trinajstić information content (AvgIpc) is 1.62. The number of anilines is 2. The second-order valence-electron chi connectivity index (χ2n) is 27.5. The van der Waals surface area contributed by atoms with Crippen LogP contribution in [0, 0.1) is 40.5 Å². The number of hydrogen-bond donors (Lipinski definition) is 5. The van der Waals surface area contributed by atoms with Gasteiger partial charge in [0, 0.05) is 138 Å². The molecule has 12 aromatic rings. The molecular weight excluding hydrogens is 1680 g/mol. The van der Waals surface area contributed by atoms with Gasteiger partial charge in [0.05, 0.1) is 60.4 Å². The fourth-order valence-corrected chi connectivity index (χ4v) is 15.3. The molecule has 14 rings (SSSR count). The number of nitro groups is 4. The molecule has 123 heavy (non-hydrogen) atoms. The summed E-state index contributed by atoms with van der Waals surface area (Å²) in [6, 6.07) is 57.6. The van der Waals surface area contributed by atoms with Crippen molar-refractivity contribution < 1.29 is 56.9 Å². The summed E-state index contributed by atoms with van der Waals surface area (Å²) in [7, 11) is 0.184. The average molecular weight is 1750 g/mol. The van der Waals surface area contributed by atoms with E-state index in [0.717, 1.165) is 39.5 Å². The Balaban J connectivity index is 0.000000160. The van der Waals surface area contributed by atoms with Crippen molar-refractivity contribution in [1.82, 2.24) is 40.2 Å². The molecule has 5 heterocycles. The molecule has 39 heteroatoms. The number of thioether (sulfide) groups is 4. The van der Waals surface area contributed by atoms with Gasteiger partial charge >= 0.3 is 0 Å². The predicted molar refractivity (Wildman–Crippen MR) is 479 cm³/mol. The number of H-pyrrole nitrogens is 2. The van der Waals surface area contributed by atoms with Crippen LogP contribution in [0.25, 0.3) is 89.4 Å². The number of aryl methyl sites for hydroxylation is 1. The molecule has 9 aromatic carbocycles. The number of sulfonamides is 1. The van der Waals surface area contributed by atoms with E-state index in [9.17, 15) is 77.6 Å². The van der Waals surface area contributed by atoms with E-state index < -0.39 is 29.7 Å². The number of ketones is 4. The molecule has 2 aliphatic rings. The quantitative estimate of drug-likeness (QED) is 0.0181. The number of non-ortho nitro benzene ring substituents is 4. The van der Waals surface area contributed by atoms with Crippen molar-refractivity contribution >= 4 is 159 Å². The predicted octanol–water partition coefficient (Wildman–Crippen LogP) is 16.5. The fraction of sp³-hybridized carbons (Fsp3) is 0.167. The first-order valence-electron chi connectivity index (χ1n) is 36.9. The van der Waals surface area contributed by atoms with Crippen LogP contribution in [0.3, 0.4) is 0 Å². The lowest BCUT2D eigenvalue weighted by molar-refractivity contribution is -0.385. The zero-order valence-electron chi connectivity index (χ0n) is 66.7. The molecule has 2 aliphatic heterocycles. The molecular formula is C84H74N18O16S5. The van der Waals surface area contributed by atoms with Crippen molar-refractivity contribution in [3.8, 4) is 78.5 Å². The lowest BCUT2D eigenvalue weighted by Gasteiger charge is -2.08. The number of nitro benzene ring substituents is 4. The first-order chi connectivity index (χ1) is 58.7. The normalized spacial score (nSPS) is 12.0. The maximum absolute atomic E-state index is 11.7. The third kappa shape index (κ3) is 25.0. The van der Waals surface area contributed by atoms with Crippen molar-refractivity contribution in [2.75, 3.05) is 46.4 Å². The van der Waals surface area contributed by atoms with Crippen LogP contribution < -0.4 is 15.4 Å². The van der Waals surface area contributed by atoms with Crippen LogP contribution in [0.1, 0.15) is 68.9 Å². The Morgan fingerprint density at radius 1 is 0.431 bits per heavy atom. The van der Waals surface area contributed by atoms with Crippen molar-refractivity contribution in [2.45, 2.75) is 57.8 Å². The number of aromatic nitrogens is 7. The van der Waals surface area contributed by atoms with E-state index in [4.69, 9.17) is 0 Å². The van der Waals surface area contributed by atoms with Gasteiger partial charge in [-0.05, 0) is 157 Å². The van der Waals surface area contributed by atoms with Gasteiger partial charge in [0.2, 0.25) is 26.2 Å². The molecule has 0 saturated heterocycles. The zero-order chi connectivity index (χ0) is 88.3. The van der Waals surface area contributed by atoms with E-state index in [1.807, 2.05) is 55.6 Å². The highest BCUT2D eigenvalue weighted by atomic mass is 32.2. The number of amides is 2. The molecule has 0 unspecified atom stereocenters. The van der Waals surface area contributed by atoms with Gasteiger partial charge in [-0.3, -0.25) is 84.1 Å². The summed E-state index contributed by atoms with van der Waals surface area (Å²) in [4.78, 5) is 121. The van der Waals surface area contributed by atoms with Crippen molar-refractivity contribution in [3.05, 3.63) is 257 Å². The van der Waals surface area contributed by atoms with Gasteiger partial charge in [-0.25, -0.2) is 18.4 Å². The number of benzene rings is 9. The van der Waals surface area contributed by atoms with Crippen molar-refractivity contribution in [3.63, 3.8) is 0 Å².